The van der Waals surface area contributed by atoms with Gasteiger partial charge in [0.15, 0.2) is 0 Å². The summed E-state index contributed by atoms with van der Waals surface area (Å²) >= 11 is 0. The Bertz CT molecular complexity index is 350. The van der Waals surface area contributed by atoms with Crippen LogP contribution in [0.2, 0.25) is 0 Å². The van der Waals surface area contributed by atoms with E-state index in [0.29, 0.717) is 12.6 Å². The molecule has 82 valence electrons. The minimum absolute atomic E-state index is 0.172. The maximum atomic E-state index is 9.01. The summed E-state index contributed by atoms with van der Waals surface area (Å²) in [5.74, 6) is 0.898. The minimum Gasteiger partial charge on any atom is -0.395 e. The molecule has 4 heteroatoms. The van der Waals surface area contributed by atoms with Crippen LogP contribution in [0.3, 0.4) is 0 Å². The normalized spacial score (nSPS) is 15.4. The number of aliphatic hydroxyl groups is 1. The molecule has 0 bridgehead atoms. The topological polar surface area (TPSA) is 49.2 Å². The van der Waals surface area contributed by atoms with Crippen LogP contribution in [0.4, 0.5) is 5.82 Å². The molecule has 1 aromatic rings. The third kappa shape index (κ3) is 2.26. The number of aromatic nitrogens is 2. The summed E-state index contributed by atoms with van der Waals surface area (Å²) in [6, 6.07) is 0.563. The summed E-state index contributed by atoms with van der Waals surface area (Å²) in [5, 5.41) is 9.01. The molecule has 1 aliphatic rings. The fourth-order valence-electron chi connectivity index (χ4n) is 1.65. The van der Waals surface area contributed by atoms with Crippen molar-refractivity contribution in [3.8, 4) is 0 Å². The Morgan fingerprint density at radius 2 is 2.13 bits per heavy atom. The number of nitrogens with zero attached hydrogens (tertiary/aromatic N) is 3. The first-order valence-corrected chi connectivity index (χ1v) is 5.40. The van der Waals surface area contributed by atoms with E-state index in [1.807, 2.05) is 13.8 Å². The largest absolute Gasteiger partial charge is 0.395 e. The Kier molecular flexibility index (Phi) is 2.86. The van der Waals surface area contributed by atoms with Gasteiger partial charge in [-0.3, -0.25) is 4.98 Å². The number of aliphatic hydroxyl groups excluding tert-OH is 1. The van der Waals surface area contributed by atoms with Gasteiger partial charge >= 0.3 is 0 Å². The van der Waals surface area contributed by atoms with Gasteiger partial charge in [0.05, 0.1) is 24.2 Å². The molecule has 0 atom stereocenters. The molecule has 0 aliphatic heterocycles. The number of aryl methyl sites for hydroxylation is 2. The molecule has 0 radical (unpaired) electrons. The number of rotatable bonds is 4. The van der Waals surface area contributed by atoms with Gasteiger partial charge in [0, 0.05) is 12.6 Å². The van der Waals surface area contributed by atoms with Crippen LogP contribution in [0.25, 0.3) is 0 Å². The van der Waals surface area contributed by atoms with Crippen LogP contribution in [-0.2, 0) is 0 Å². The van der Waals surface area contributed by atoms with Crippen LogP contribution in [0.15, 0.2) is 6.20 Å². The maximum Gasteiger partial charge on any atom is 0.147 e. The lowest BCUT2D eigenvalue weighted by atomic mass is 10.3. The van der Waals surface area contributed by atoms with E-state index in [1.165, 1.54) is 12.8 Å². The summed E-state index contributed by atoms with van der Waals surface area (Å²) in [7, 11) is 0. The van der Waals surface area contributed by atoms with E-state index in [4.69, 9.17) is 5.11 Å². The zero-order valence-corrected chi connectivity index (χ0v) is 9.27. The third-order valence-electron chi connectivity index (χ3n) is 2.80. The second-order valence-electron chi connectivity index (χ2n) is 4.05. The molecule has 0 spiro atoms. The Hall–Kier alpha value is -1.16. The second kappa shape index (κ2) is 4.14. The van der Waals surface area contributed by atoms with Gasteiger partial charge in [-0.15, -0.1) is 0 Å². The minimum atomic E-state index is 0.172. The van der Waals surface area contributed by atoms with Gasteiger partial charge in [-0.1, -0.05) is 0 Å². The van der Waals surface area contributed by atoms with Crippen molar-refractivity contribution < 1.29 is 5.11 Å². The zero-order chi connectivity index (χ0) is 10.8. The molecule has 1 heterocycles. The lowest BCUT2D eigenvalue weighted by molar-refractivity contribution is 0.301. The molecule has 2 rings (SSSR count). The number of hydrogen-bond donors (Lipinski definition) is 1. The van der Waals surface area contributed by atoms with Crippen molar-refractivity contribution in [2.24, 2.45) is 0 Å². The van der Waals surface area contributed by atoms with Gasteiger partial charge < -0.3 is 10.0 Å². The molecule has 1 fully saturated rings. The fourth-order valence-corrected chi connectivity index (χ4v) is 1.65. The summed E-state index contributed by atoms with van der Waals surface area (Å²) < 4.78 is 0. The van der Waals surface area contributed by atoms with Crippen molar-refractivity contribution in [3.05, 3.63) is 17.6 Å². The molecule has 1 saturated carbocycles. The average molecular weight is 207 g/mol. The summed E-state index contributed by atoms with van der Waals surface area (Å²) in [5.41, 5.74) is 1.94. The van der Waals surface area contributed by atoms with E-state index >= 15 is 0 Å². The predicted molar refractivity (Wildman–Crippen MR) is 59.0 cm³/mol. The van der Waals surface area contributed by atoms with Crippen molar-refractivity contribution in [3.63, 3.8) is 0 Å². The first-order chi connectivity index (χ1) is 7.22. The molecular weight excluding hydrogens is 190 g/mol. The van der Waals surface area contributed by atoms with E-state index in [2.05, 4.69) is 14.9 Å². The molecule has 4 nitrogen and oxygen atoms in total. The Morgan fingerprint density at radius 1 is 1.40 bits per heavy atom. The summed E-state index contributed by atoms with van der Waals surface area (Å²) in [6.07, 6.45) is 4.21. The van der Waals surface area contributed by atoms with Crippen molar-refractivity contribution in [1.82, 2.24) is 9.97 Å². The van der Waals surface area contributed by atoms with Crippen molar-refractivity contribution >= 4 is 5.82 Å². The van der Waals surface area contributed by atoms with Crippen LogP contribution in [0.5, 0.6) is 0 Å². The molecule has 15 heavy (non-hydrogen) atoms. The van der Waals surface area contributed by atoms with E-state index < -0.39 is 0 Å². The van der Waals surface area contributed by atoms with Crippen LogP contribution >= 0.6 is 0 Å². The summed E-state index contributed by atoms with van der Waals surface area (Å²) in [4.78, 5) is 11.0. The number of hydrogen-bond acceptors (Lipinski definition) is 4. The van der Waals surface area contributed by atoms with E-state index in [-0.39, 0.29) is 6.61 Å². The van der Waals surface area contributed by atoms with E-state index in [1.54, 1.807) is 6.20 Å². The molecular formula is C11H17N3O. The second-order valence-corrected chi connectivity index (χ2v) is 4.05. The Morgan fingerprint density at radius 3 is 2.67 bits per heavy atom. The zero-order valence-electron chi connectivity index (χ0n) is 9.27. The van der Waals surface area contributed by atoms with Crippen LogP contribution in [0.1, 0.15) is 24.2 Å². The van der Waals surface area contributed by atoms with E-state index in [0.717, 1.165) is 17.2 Å². The standard InChI is InChI=1S/C11H17N3O/c1-8-9(2)13-11(7-12-8)14(5-6-15)10-3-4-10/h7,10,15H,3-6H2,1-2H3. The van der Waals surface area contributed by atoms with Gasteiger partial charge in [-0.25, -0.2) is 4.98 Å². The van der Waals surface area contributed by atoms with Crippen molar-refractivity contribution in [1.29, 1.82) is 0 Å². The van der Waals surface area contributed by atoms with E-state index in [9.17, 15) is 0 Å². The highest BCUT2D eigenvalue weighted by atomic mass is 16.3. The maximum absolute atomic E-state index is 9.01. The summed E-state index contributed by atoms with van der Waals surface area (Å²) in [6.45, 7) is 4.75. The van der Waals surface area contributed by atoms with Gasteiger partial charge in [0.25, 0.3) is 0 Å². The quantitative estimate of drug-likeness (QED) is 0.802. The monoisotopic (exact) mass is 207 g/mol. The van der Waals surface area contributed by atoms with Crippen molar-refractivity contribution in [2.75, 3.05) is 18.1 Å². The highest BCUT2D eigenvalue weighted by Gasteiger charge is 2.29. The molecule has 0 saturated heterocycles. The Labute approximate surface area is 90.0 Å². The average Bonchev–Trinajstić information content (AvgIpc) is 3.02. The lowest BCUT2D eigenvalue weighted by Gasteiger charge is -2.22. The van der Waals surface area contributed by atoms with Crippen molar-refractivity contribution in [2.45, 2.75) is 32.7 Å². The van der Waals surface area contributed by atoms with Gasteiger partial charge in [0.2, 0.25) is 0 Å². The number of anilines is 1. The Balaban J connectivity index is 2.21. The van der Waals surface area contributed by atoms with Gasteiger partial charge in [-0.05, 0) is 26.7 Å². The molecule has 1 N–H and O–H groups in total. The fraction of sp³-hybridized carbons (Fsp3) is 0.636. The van der Waals surface area contributed by atoms with Crippen LogP contribution in [0, 0.1) is 13.8 Å². The highest BCUT2D eigenvalue weighted by Crippen LogP contribution is 2.30. The first-order valence-electron chi connectivity index (χ1n) is 5.40. The molecule has 0 unspecified atom stereocenters. The van der Waals surface area contributed by atoms with Crippen LogP contribution in [-0.4, -0.2) is 34.3 Å². The molecule has 0 amide bonds. The molecule has 1 aliphatic carbocycles. The van der Waals surface area contributed by atoms with Crippen LogP contribution < -0.4 is 4.90 Å². The smallest absolute Gasteiger partial charge is 0.147 e. The molecule has 0 aromatic carbocycles. The van der Waals surface area contributed by atoms with Gasteiger partial charge in [-0.2, -0.15) is 0 Å². The third-order valence-corrected chi connectivity index (χ3v) is 2.80. The first kappa shape index (κ1) is 10.4. The molecule has 1 aromatic heterocycles. The highest BCUT2D eigenvalue weighted by molar-refractivity contribution is 5.40. The van der Waals surface area contributed by atoms with Gasteiger partial charge in [0.1, 0.15) is 5.82 Å². The lowest BCUT2D eigenvalue weighted by Crippen LogP contribution is -2.30. The SMILES string of the molecule is Cc1ncc(N(CCO)C2CC2)nc1C. The predicted octanol–water partition coefficient (Wildman–Crippen LogP) is 1.05.